The minimum atomic E-state index is -4.15. The van der Waals surface area contributed by atoms with E-state index in [1.165, 1.54) is 7.11 Å². The molecule has 0 saturated heterocycles. The maximum atomic E-state index is 13.5. The van der Waals surface area contributed by atoms with Crippen molar-refractivity contribution >= 4 is 15.7 Å². The second kappa shape index (κ2) is 6.27. The average molecular weight is 294 g/mol. The van der Waals surface area contributed by atoms with Gasteiger partial charge in [0.25, 0.3) is 0 Å². The van der Waals surface area contributed by atoms with E-state index < -0.39 is 26.6 Å². The van der Waals surface area contributed by atoms with Gasteiger partial charge in [0.05, 0.1) is 0 Å². The van der Waals surface area contributed by atoms with Crippen LogP contribution < -0.4 is 10.5 Å². The number of methoxy groups -OCH3 is 1. The van der Waals surface area contributed by atoms with Gasteiger partial charge in [-0.2, -0.15) is 0 Å². The molecule has 1 rings (SSSR count). The van der Waals surface area contributed by atoms with Gasteiger partial charge >= 0.3 is 0 Å². The first-order valence-electron chi connectivity index (χ1n) is 5.51. The van der Waals surface area contributed by atoms with Gasteiger partial charge in [-0.25, -0.2) is 21.9 Å². The van der Waals surface area contributed by atoms with Crippen LogP contribution in [0.4, 0.5) is 14.5 Å². The van der Waals surface area contributed by atoms with Gasteiger partial charge in [-0.15, -0.1) is 0 Å². The van der Waals surface area contributed by atoms with E-state index in [-0.39, 0.29) is 18.2 Å². The van der Waals surface area contributed by atoms with Crippen molar-refractivity contribution in [3.8, 4) is 0 Å². The number of nitrogens with two attached hydrogens (primary N) is 1. The van der Waals surface area contributed by atoms with Crippen molar-refractivity contribution in [3.05, 3.63) is 23.8 Å². The molecule has 19 heavy (non-hydrogen) atoms. The molecule has 0 aliphatic rings. The van der Waals surface area contributed by atoms with Gasteiger partial charge in [0.15, 0.2) is 11.6 Å². The summed E-state index contributed by atoms with van der Waals surface area (Å²) in [5.41, 5.74) is 5.15. The fourth-order valence-corrected chi connectivity index (χ4v) is 2.74. The summed E-state index contributed by atoms with van der Waals surface area (Å²) in [7, 11) is -2.67. The molecule has 5 nitrogen and oxygen atoms in total. The summed E-state index contributed by atoms with van der Waals surface area (Å²) in [5, 5.41) is 0. The summed E-state index contributed by atoms with van der Waals surface area (Å²) in [6, 6.07) is 1.60. The molecule has 1 aromatic carbocycles. The topological polar surface area (TPSA) is 81.4 Å². The Kier molecular flexibility index (Phi) is 5.21. The number of hydrogen-bond acceptors (Lipinski definition) is 4. The molecule has 0 heterocycles. The summed E-state index contributed by atoms with van der Waals surface area (Å²) in [5.74, 6) is -2.85. The van der Waals surface area contributed by atoms with Gasteiger partial charge in [0.1, 0.15) is 4.90 Å². The van der Waals surface area contributed by atoms with Crippen LogP contribution in [0.2, 0.25) is 0 Å². The highest BCUT2D eigenvalue weighted by Crippen LogP contribution is 2.20. The predicted molar refractivity (Wildman–Crippen MR) is 67.0 cm³/mol. The molecular formula is C11H16F2N2O3S. The Bertz CT molecular complexity index is 549. The Morgan fingerprint density at radius 3 is 2.63 bits per heavy atom. The van der Waals surface area contributed by atoms with Crippen LogP contribution in [0.1, 0.15) is 6.92 Å². The van der Waals surface area contributed by atoms with Crippen LogP contribution in [0.3, 0.4) is 0 Å². The lowest BCUT2D eigenvalue weighted by Gasteiger charge is -2.13. The third-order valence-corrected chi connectivity index (χ3v) is 3.80. The molecule has 108 valence electrons. The molecule has 0 saturated carbocycles. The van der Waals surface area contributed by atoms with E-state index >= 15 is 0 Å². The molecule has 3 N–H and O–H groups in total. The quantitative estimate of drug-likeness (QED) is 0.770. The molecule has 1 aromatic rings. The fourth-order valence-electron chi connectivity index (χ4n) is 1.45. The first-order valence-corrected chi connectivity index (χ1v) is 6.99. The molecule has 0 aromatic heterocycles. The number of sulfonamides is 1. The minimum Gasteiger partial charge on any atom is -0.399 e. The molecule has 1 atom stereocenters. The van der Waals surface area contributed by atoms with Crippen molar-refractivity contribution in [1.29, 1.82) is 0 Å². The Hall–Kier alpha value is -1.25. The lowest BCUT2D eigenvalue weighted by atomic mass is 10.2. The largest absolute Gasteiger partial charge is 0.399 e. The van der Waals surface area contributed by atoms with Crippen molar-refractivity contribution in [1.82, 2.24) is 4.72 Å². The number of rotatable bonds is 6. The highest BCUT2D eigenvalue weighted by atomic mass is 32.2. The minimum absolute atomic E-state index is 0.0477. The molecule has 1 unspecified atom stereocenters. The number of ether oxygens (including phenoxy) is 1. The van der Waals surface area contributed by atoms with E-state index in [2.05, 4.69) is 4.72 Å². The van der Waals surface area contributed by atoms with Gasteiger partial charge in [0, 0.05) is 25.9 Å². The predicted octanol–water partition coefficient (Wildman–Crippen LogP) is 1.11. The Balaban J connectivity index is 2.95. The van der Waals surface area contributed by atoms with E-state index in [1.54, 1.807) is 6.92 Å². The van der Waals surface area contributed by atoms with E-state index in [0.717, 1.165) is 12.1 Å². The van der Waals surface area contributed by atoms with Crippen molar-refractivity contribution in [2.75, 3.05) is 26.0 Å². The van der Waals surface area contributed by atoms with Crippen LogP contribution in [0.5, 0.6) is 0 Å². The van der Waals surface area contributed by atoms with Crippen molar-refractivity contribution in [2.24, 2.45) is 5.92 Å². The van der Waals surface area contributed by atoms with Gasteiger partial charge < -0.3 is 10.5 Å². The molecule has 0 fully saturated rings. The summed E-state index contributed by atoms with van der Waals surface area (Å²) >= 11 is 0. The summed E-state index contributed by atoms with van der Waals surface area (Å²) in [6.07, 6.45) is 0. The van der Waals surface area contributed by atoms with Crippen LogP contribution in [0, 0.1) is 17.6 Å². The number of hydrogen-bond donors (Lipinski definition) is 2. The molecule has 0 radical (unpaired) electrons. The Labute approximate surface area is 110 Å². The third-order valence-electron chi connectivity index (χ3n) is 2.38. The number of halogens is 2. The van der Waals surface area contributed by atoms with Crippen LogP contribution in [0.15, 0.2) is 17.0 Å². The van der Waals surface area contributed by atoms with Crippen molar-refractivity contribution in [3.63, 3.8) is 0 Å². The SMILES string of the molecule is COCC(C)CNS(=O)(=O)c1cc(N)cc(F)c1F. The second-order valence-corrected chi connectivity index (χ2v) is 5.96. The zero-order valence-electron chi connectivity index (χ0n) is 10.6. The molecule has 0 aliphatic carbocycles. The molecular weight excluding hydrogens is 278 g/mol. The molecule has 0 bridgehead atoms. The highest BCUT2D eigenvalue weighted by Gasteiger charge is 2.23. The molecule has 0 amide bonds. The number of nitrogen functional groups attached to an aromatic ring is 1. The van der Waals surface area contributed by atoms with Gasteiger partial charge in [0.2, 0.25) is 10.0 Å². The molecule has 0 spiro atoms. The normalized spacial score (nSPS) is 13.5. The number of benzene rings is 1. The van der Waals surface area contributed by atoms with E-state index in [9.17, 15) is 17.2 Å². The van der Waals surface area contributed by atoms with Crippen LogP contribution in [0.25, 0.3) is 0 Å². The zero-order chi connectivity index (χ0) is 14.6. The van der Waals surface area contributed by atoms with E-state index in [4.69, 9.17) is 10.5 Å². The first-order chi connectivity index (χ1) is 8.77. The van der Waals surface area contributed by atoms with E-state index in [0.29, 0.717) is 6.61 Å². The second-order valence-electron chi connectivity index (χ2n) is 4.23. The number of anilines is 1. The zero-order valence-corrected chi connectivity index (χ0v) is 11.4. The monoisotopic (exact) mass is 294 g/mol. The standard InChI is InChI=1S/C11H16F2N2O3S/c1-7(6-18-2)5-15-19(16,17)10-4-8(14)3-9(12)11(10)13/h3-4,7,15H,5-6,14H2,1-2H3. The van der Waals surface area contributed by atoms with Crippen LogP contribution in [-0.4, -0.2) is 28.7 Å². The lowest BCUT2D eigenvalue weighted by molar-refractivity contribution is 0.161. The summed E-state index contributed by atoms with van der Waals surface area (Å²) in [4.78, 5) is -0.797. The van der Waals surface area contributed by atoms with Gasteiger partial charge in [-0.3, -0.25) is 0 Å². The Morgan fingerprint density at radius 2 is 2.05 bits per heavy atom. The smallest absolute Gasteiger partial charge is 0.243 e. The highest BCUT2D eigenvalue weighted by molar-refractivity contribution is 7.89. The average Bonchev–Trinajstić information content (AvgIpc) is 2.31. The van der Waals surface area contributed by atoms with Crippen molar-refractivity contribution < 1.29 is 21.9 Å². The Morgan fingerprint density at radius 1 is 1.42 bits per heavy atom. The summed E-state index contributed by atoms with van der Waals surface area (Å²) in [6.45, 7) is 2.14. The number of nitrogens with one attached hydrogen (secondary N) is 1. The molecule has 8 heteroatoms. The third kappa shape index (κ3) is 4.12. The van der Waals surface area contributed by atoms with E-state index in [1.807, 2.05) is 0 Å². The van der Waals surface area contributed by atoms with Crippen LogP contribution in [-0.2, 0) is 14.8 Å². The maximum absolute atomic E-state index is 13.5. The first kappa shape index (κ1) is 15.8. The molecule has 0 aliphatic heterocycles. The maximum Gasteiger partial charge on any atom is 0.243 e. The van der Waals surface area contributed by atoms with Gasteiger partial charge in [-0.1, -0.05) is 6.92 Å². The lowest BCUT2D eigenvalue weighted by Crippen LogP contribution is -2.30. The van der Waals surface area contributed by atoms with Crippen LogP contribution >= 0.6 is 0 Å². The van der Waals surface area contributed by atoms with Crippen molar-refractivity contribution in [2.45, 2.75) is 11.8 Å². The summed E-state index contributed by atoms with van der Waals surface area (Å²) < 4.78 is 57.3. The van der Waals surface area contributed by atoms with Gasteiger partial charge in [-0.05, 0) is 18.1 Å². The fraction of sp³-hybridized carbons (Fsp3) is 0.455.